The highest BCUT2D eigenvalue weighted by molar-refractivity contribution is 5.60. The van der Waals surface area contributed by atoms with E-state index in [0.717, 1.165) is 23.7 Å². The maximum Gasteiger partial charge on any atom is 0.145 e. The molecule has 0 atom stereocenters. The molecule has 0 spiro atoms. The SMILES string of the molecule is COc1ccc(N(C)CC(C)(C)CN)c(OC)c1. The van der Waals surface area contributed by atoms with Crippen molar-refractivity contribution >= 4 is 5.69 Å². The predicted octanol–water partition coefficient (Wildman–Crippen LogP) is 2.12. The number of rotatable bonds is 6. The van der Waals surface area contributed by atoms with Gasteiger partial charge in [-0.05, 0) is 24.1 Å². The van der Waals surface area contributed by atoms with E-state index in [1.165, 1.54) is 0 Å². The molecule has 0 saturated carbocycles. The zero-order chi connectivity index (χ0) is 13.8. The van der Waals surface area contributed by atoms with Gasteiger partial charge in [0.05, 0.1) is 19.9 Å². The summed E-state index contributed by atoms with van der Waals surface area (Å²) < 4.78 is 10.6. The van der Waals surface area contributed by atoms with E-state index in [9.17, 15) is 0 Å². The maximum atomic E-state index is 5.77. The third kappa shape index (κ3) is 3.53. The predicted molar refractivity (Wildman–Crippen MR) is 75.7 cm³/mol. The lowest BCUT2D eigenvalue weighted by Crippen LogP contribution is -2.36. The molecule has 0 aliphatic heterocycles. The second-order valence-corrected chi connectivity index (χ2v) is 5.26. The number of hydrogen-bond acceptors (Lipinski definition) is 4. The summed E-state index contributed by atoms with van der Waals surface area (Å²) in [6, 6.07) is 5.83. The average Bonchev–Trinajstić information content (AvgIpc) is 2.37. The van der Waals surface area contributed by atoms with Gasteiger partial charge < -0.3 is 20.1 Å². The minimum atomic E-state index is 0.0691. The molecule has 4 nitrogen and oxygen atoms in total. The first-order valence-corrected chi connectivity index (χ1v) is 6.07. The fraction of sp³-hybridized carbons (Fsp3) is 0.571. The van der Waals surface area contributed by atoms with Crippen LogP contribution in [0.15, 0.2) is 18.2 Å². The number of benzene rings is 1. The van der Waals surface area contributed by atoms with E-state index in [1.807, 2.05) is 25.2 Å². The Balaban J connectivity index is 2.94. The number of hydrogen-bond donors (Lipinski definition) is 1. The molecule has 1 aromatic rings. The molecular formula is C14H24N2O2. The van der Waals surface area contributed by atoms with Crippen LogP contribution in [0.3, 0.4) is 0 Å². The lowest BCUT2D eigenvalue weighted by molar-refractivity contribution is 0.376. The van der Waals surface area contributed by atoms with Gasteiger partial charge >= 0.3 is 0 Å². The van der Waals surface area contributed by atoms with Gasteiger partial charge in [0.15, 0.2) is 0 Å². The second-order valence-electron chi connectivity index (χ2n) is 5.26. The first kappa shape index (κ1) is 14.6. The zero-order valence-electron chi connectivity index (χ0n) is 12.0. The third-order valence-corrected chi connectivity index (χ3v) is 3.02. The van der Waals surface area contributed by atoms with Crippen molar-refractivity contribution in [3.05, 3.63) is 18.2 Å². The van der Waals surface area contributed by atoms with E-state index in [-0.39, 0.29) is 5.41 Å². The number of nitrogens with two attached hydrogens (primary N) is 1. The molecule has 0 fully saturated rings. The van der Waals surface area contributed by atoms with Crippen molar-refractivity contribution in [1.82, 2.24) is 0 Å². The summed E-state index contributed by atoms with van der Waals surface area (Å²) in [7, 11) is 5.36. The molecule has 102 valence electrons. The van der Waals surface area contributed by atoms with Crippen LogP contribution in [-0.2, 0) is 0 Å². The van der Waals surface area contributed by atoms with Gasteiger partial charge in [-0.25, -0.2) is 0 Å². The van der Waals surface area contributed by atoms with E-state index < -0.39 is 0 Å². The summed E-state index contributed by atoms with van der Waals surface area (Å²) in [5.41, 5.74) is 6.88. The largest absolute Gasteiger partial charge is 0.497 e. The van der Waals surface area contributed by atoms with E-state index in [0.29, 0.717) is 6.54 Å². The molecule has 0 bridgehead atoms. The molecule has 0 saturated heterocycles. The number of ether oxygens (including phenoxy) is 2. The van der Waals surface area contributed by atoms with Crippen LogP contribution in [0.4, 0.5) is 5.69 Å². The summed E-state index contributed by atoms with van der Waals surface area (Å²) >= 11 is 0. The summed E-state index contributed by atoms with van der Waals surface area (Å²) in [6.45, 7) is 5.82. The first-order chi connectivity index (χ1) is 8.43. The maximum absolute atomic E-state index is 5.77. The van der Waals surface area contributed by atoms with Gasteiger partial charge in [-0.15, -0.1) is 0 Å². The Morgan fingerprint density at radius 2 is 1.89 bits per heavy atom. The van der Waals surface area contributed by atoms with Crippen molar-refractivity contribution in [3.63, 3.8) is 0 Å². The molecule has 0 aliphatic carbocycles. The molecule has 0 amide bonds. The van der Waals surface area contributed by atoms with Crippen LogP contribution in [0.25, 0.3) is 0 Å². The fourth-order valence-electron chi connectivity index (χ4n) is 1.89. The Morgan fingerprint density at radius 3 is 2.39 bits per heavy atom. The normalized spacial score (nSPS) is 11.2. The van der Waals surface area contributed by atoms with Crippen molar-refractivity contribution in [2.24, 2.45) is 11.1 Å². The zero-order valence-corrected chi connectivity index (χ0v) is 12.0. The van der Waals surface area contributed by atoms with Crippen molar-refractivity contribution in [2.75, 3.05) is 39.3 Å². The van der Waals surface area contributed by atoms with Crippen LogP contribution in [0.2, 0.25) is 0 Å². The summed E-state index contributed by atoms with van der Waals surface area (Å²) in [4.78, 5) is 2.16. The van der Waals surface area contributed by atoms with Crippen molar-refractivity contribution in [1.29, 1.82) is 0 Å². The second kappa shape index (κ2) is 5.96. The summed E-state index contributed by atoms with van der Waals surface area (Å²) in [5.74, 6) is 1.60. The number of anilines is 1. The first-order valence-electron chi connectivity index (χ1n) is 6.07. The Kier molecular flexibility index (Phi) is 4.84. The Hall–Kier alpha value is -1.42. The van der Waals surface area contributed by atoms with Gasteiger partial charge in [-0.3, -0.25) is 0 Å². The van der Waals surface area contributed by atoms with Gasteiger partial charge in [0.1, 0.15) is 11.5 Å². The topological polar surface area (TPSA) is 47.7 Å². The Bertz CT molecular complexity index is 391. The molecule has 1 aromatic carbocycles. The molecule has 0 radical (unpaired) electrons. The van der Waals surface area contributed by atoms with Gasteiger partial charge in [0.25, 0.3) is 0 Å². The molecular weight excluding hydrogens is 228 g/mol. The van der Waals surface area contributed by atoms with Crippen LogP contribution >= 0.6 is 0 Å². The van der Waals surface area contributed by atoms with Crippen molar-refractivity contribution in [3.8, 4) is 11.5 Å². The van der Waals surface area contributed by atoms with Crippen LogP contribution in [0.5, 0.6) is 11.5 Å². The Labute approximate surface area is 110 Å². The summed E-state index contributed by atoms with van der Waals surface area (Å²) in [6.07, 6.45) is 0. The average molecular weight is 252 g/mol. The molecule has 4 heteroatoms. The fourth-order valence-corrected chi connectivity index (χ4v) is 1.89. The molecule has 1 rings (SSSR count). The number of methoxy groups -OCH3 is 2. The molecule has 0 aliphatic rings. The van der Waals surface area contributed by atoms with Gasteiger partial charge in [0, 0.05) is 19.7 Å². The van der Waals surface area contributed by atoms with E-state index >= 15 is 0 Å². The van der Waals surface area contributed by atoms with Crippen LogP contribution in [-0.4, -0.2) is 34.4 Å². The van der Waals surface area contributed by atoms with Gasteiger partial charge in [0.2, 0.25) is 0 Å². The molecule has 18 heavy (non-hydrogen) atoms. The highest BCUT2D eigenvalue weighted by Gasteiger charge is 2.20. The Morgan fingerprint density at radius 1 is 1.22 bits per heavy atom. The van der Waals surface area contributed by atoms with Crippen molar-refractivity contribution < 1.29 is 9.47 Å². The van der Waals surface area contributed by atoms with E-state index in [2.05, 4.69) is 18.7 Å². The van der Waals surface area contributed by atoms with E-state index in [4.69, 9.17) is 15.2 Å². The lowest BCUT2D eigenvalue weighted by Gasteiger charge is -2.31. The summed E-state index contributed by atoms with van der Waals surface area (Å²) in [5, 5.41) is 0. The smallest absolute Gasteiger partial charge is 0.145 e. The van der Waals surface area contributed by atoms with E-state index in [1.54, 1.807) is 14.2 Å². The number of nitrogens with zero attached hydrogens (tertiary/aromatic N) is 1. The molecule has 2 N–H and O–H groups in total. The third-order valence-electron chi connectivity index (χ3n) is 3.02. The van der Waals surface area contributed by atoms with Gasteiger partial charge in [-0.2, -0.15) is 0 Å². The quantitative estimate of drug-likeness (QED) is 0.842. The highest BCUT2D eigenvalue weighted by atomic mass is 16.5. The monoisotopic (exact) mass is 252 g/mol. The standard InChI is InChI=1S/C14H24N2O2/c1-14(2,9-15)10-16(3)12-7-6-11(17-4)8-13(12)18-5/h6-8H,9-10,15H2,1-5H3. The van der Waals surface area contributed by atoms with Crippen LogP contribution in [0.1, 0.15) is 13.8 Å². The minimum Gasteiger partial charge on any atom is -0.497 e. The molecule has 0 aromatic heterocycles. The minimum absolute atomic E-state index is 0.0691. The van der Waals surface area contributed by atoms with Crippen LogP contribution < -0.4 is 20.1 Å². The molecule has 0 heterocycles. The van der Waals surface area contributed by atoms with Crippen molar-refractivity contribution in [2.45, 2.75) is 13.8 Å². The van der Waals surface area contributed by atoms with Gasteiger partial charge in [-0.1, -0.05) is 13.8 Å². The lowest BCUT2D eigenvalue weighted by atomic mass is 9.93. The van der Waals surface area contributed by atoms with Crippen LogP contribution in [0, 0.1) is 5.41 Å². The molecule has 0 unspecified atom stereocenters. The highest BCUT2D eigenvalue weighted by Crippen LogP contribution is 2.32.